The number of carbonyl (C=O) groups is 2. The highest BCUT2D eigenvalue weighted by Crippen LogP contribution is 2.37. The molecule has 1 aliphatic heterocycles. The van der Waals surface area contributed by atoms with Crippen LogP contribution < -0.4 is 11.1 Å². The zero-order valence-corrected chi connectivity index (χ0v) is 20.2. The molecule has 3 aromatic rings. The molecular weight excluding hydrogens is 466 g/mol. The number of hydrogen-bond donors (Lipinski definition) is 3. The molecule has 0 saturated heterocycles. The summed E-state index contributed by atoms with van der Waals surface area (Å²) < 4.78 is 25.1. The summed E-state index contributed by atoms with van der Waals surface area (Å²) in [6, 6.07) is 12.8. The number of fused-ring (bicyclic) bond motifs is 1. The van der Waals surface area contributed by atoms with Crippen LogP contribution in [0.15, 0.2) is 42.5 Å². The minimum Gasteiger partial charge on any atom is -0.366 e. The number of hydrogen-bond acceptors (Lipinski definition) is 5. The summed E-state index contributed by atoms with van der Waals surface area (Å²) in [6.07, 6.45) is 3.35. The molecule has 0 aliphatic carbocycles. The normalized spacial score (nSPS) is 14.4. The summed E-state index contributed by atoms with van der Waals surface area (Å²) in [7, 11) is -3.27. The molecule has 0 radical (unpaired) electrons. The molecule has 2 amide bonds. The first-order chi connectivity index (χ1) is 16.6. The lowest BCUT2D eigenvalue weighted by Gasteiger charge is -2.23. The van der Waals surface area contributed by atoms with Crippen LogP contribution in [0, 0.1) is 18.3 Å². The Morgan fingerprint density at radius 1 is 1.23 bits per heavy atom. The molecule has 0 spiro atoms. The first kappa shape index (κ1) is 24.2. The Bertz CT molecular complexity index is 1530. The highest BCUT2D eigenvalue weighted by molar-refractivity contribution is 7.88. The van der Waals surface area contributed by atoms with Crippen molar-refractivity contribution in [2.24, 2.45) is 5.73 Å². The fourth-order valence-electron chi connectivity index (χ4n) is 4.36. The average Bonchev–Trinajstić information content (AvgIpc) is 3.25. The molecule has 0 atom stereocenters. The van der Waals surface area contributed by atoms with Gasteiger partial charge in [-0.3, -0.25) is 9.59 Å². The van der Waals surface area contributed by atoms with Crippen LogP contribution in [0.4, 0.5) is 5.69 Å². The second kappa shape index (κ2) is 9.37. The molecular formula is C25H25N5O4S. The Kier molecular flexibility index (Phi) is 6.47. The van der Waals surface area contributed by atoms with Crippen LogP contribution in [0.1, 0.15) is 34.5 Å². The Balaban J connectivity index is 1.82. The lowest BCUT2D eigenvalue weighted by atomic mass is 9.94. The van der Waals surface area contributed by atoms with Gasteiger partial charge < -0.3 is 16.0 Å². The number of nitrogens with two attached hydrogens (primary N) is 1. The van der Waals surface area contributed by atoms with Crippen molar-refractivity contribution >= 4 is 44.0 Å². The lowest BCUT2D eigenvalue weighted by molar-refractivity contribution is -0.115. The van der Waals surface area contributed by atoms with Crippen LogP contribution in [-0.4, -0.2) is 48.9 Å². The maximum Gasteiger partial charge on any atom is 0.250 e. The van der Waals surface area contributed by atoms with Crippen LogP contribution in [-0.2, 0) is 14.8 Å². The van der Waals surface area contributed by atoms with E-state index in [1.54, 1.807) is 12.1 Å². The van der Waals surface area contributed by atoms with E-state index in [-0.39, 0.29) is 13.0 Å². The van der Waals surface area contributed by atoms with E-state index < -0.39 is 21.8 Å². The van der Waals surface area contributed by atoms with Gasteiger partial charge in [0.1, 0.15) is 6.42 Å². The summed E-state index contributed by atoms with van der Waals surface area (Å²) in [6.45, 7) is 2.53. The summed E-state index contributed by atoms with van der Waals surface area (Å²) >= 11 is 0. The van der Waals surface area contributed by atoms with Crippen LogP contribution in [0.5, 0.6) is 0 Å². The molecule has 35 heavy (non-hydrogen) atoms. The first-order valence-electron chi connectivity index (χ1n) is 11.0. The molecule has 0 fully saturated rings. The van der Waals surface area contributed by atoms with Gasteiger partial charge in [0, 0.05) is 29.9 Å². The summed E-state index contributed by atoms with van der Waals surface area (Å²) in [5, 5.41) is 12.3. The van der Waals surface area contributed by atoms with Crippen molar-refractivity contribution in [2.45, 2.75) is 19.8 Å². The molecule has 4 N–H and O–H groups in total. The number of nitrogens with one attached hydrogen (secondary N) is 2. The Labute approximate surface area is 203 Å². The van der Waals surface area contributed by atoms with E-state index in [0.717, 1.165) is 33.3 Å². The molecule has 9 nitrogen and oxygen atoms in total. The van der Waals surface area contributed by atoms with Gasteiger partial charge in [0.2, 0.25) is 15.9 Å². The molecule has 180 valence electrons. The van der Waals surface area contributed by atoms with Crippen molar-refractivity contribution in [1.82, 2.24) is 9.29 Å². The van der Waals surface area contributed by atoms with Gasteiger partial charge in [-0.1, -0.05) is 24.3 Å². The third-order valence-electron chi connectivity index (χ3n) is 6.18. The number of benzene rings is 2. The van der Waals surface area contributed by atoms with E-state index in [9.17, 15) is 18.0 Å². The SMILES string of the molecule is Cc1c(NC(=O)CC#N)cccc1-c1ccc(C(N)=O)c2[nH]c(C3=CCN(S(C)(=O)=O)CC3)cc12. The maximum absolute atomic E-state index is 12.1. The number of nitrogens with zero attached hydrogens (tertiary/aromatic N) is 2. The minimum atomic E-state index is -3.27. The van der Waals surface area contributed by atoms with Crippen molar-refractivity contribution in [3.8, 4) is 17.2 Å². The van der Waals surface area contributed by atoms with Crippen molar-refractivity contribution < 1.29 is 18.0 Å². The zero-order valence-electron chi connectivity index (χ0n) is 19.4. The molecule has 2 aromatic carbocycles. The molecule has 10 heteroatoms. The monoisotopic (exact) mass is 491 g/mol. The lowest BCUT2D eigenvalue weighted by Crippen LogP contribution is -2.33. The third-order valence-corrected chi connectivity index (χ3v) is 7.45. The van der Waals surface area contributed by atoms with Gasteiger partial charge >= 0.3 is 0 Å². The Morgan fingerprint density at radius 2 is 2.00 bits per heavy atom. The highest BCUT2D eigenvalue weighted by Gasteiger charge is 2.23. The van der Waals surface area contributed by atoms with Crippen molar-refractivity contribution in [3.05, 3.63) is 59.3 Å². The third kappa shape index (κ3) is 4.82. The number of nitriles is 1. The number of rotatable bonds is 6. The average molecular weight is 492 g/mol. The number of aromatic nitrogens is 1. The largest absolute Gasteiger partial charge is 0.366 e. The predicted molar refractivity (Wildman–Crippen MR) is 135 cm³/mol. The Hall–Kier alpha value is -3.94. The van der Waals surface area contributed by atoms with E-state index in [2.05, 4.69) is 10.3 Å². The molecule has 4 rings (SSSR count). The number of primary amides is 1. The van der Waals surface area contributed by atoms with Crippen molar-refractivity contribution in [2.75, 3.05) is 24.7 Å². The summed E-state index contributed by atoms with van der Waals surface area (Å²) in [4.78, 5) is 27.4. The fraction of sp³-hybridized carbons (Fsp3) is 0.240. The van der Waals surface area contributed by atoms with Crippen molar-refractivity contribution in [1.29, 1.82) is 5.26 Å². The topological polar surface area (TPSA) is 149 Å². The maximum atomic E-state index is 12.1. The standard InChI is InChI=1S/C25H25N5O4S/c1-15-17(4-3-5-21(15)28-23(31)8-11-26)18-6-7-19(25(27)32)24-20(18)14-22(29-24)16-9-12-30(13-10-16)35(2,33)34/h3-7,9,14,29H,8,10,12-13H2,1-2H3,(H2,27,32)(H,28,31). The molecule has 0 unspecified atom stereocenters. The van der Waals surface area contributed by atoms with Crippen molar-refractivity contribution in [3.63, 3.8) is 0 Å². The quantitative estimate of drug-likeness (QED) is 0.484. The van der Waals surface area contributed by atoms with Crippen LogP contribution in [0.25, 0.3) is 27.6 Å². The smallest absolute Gasteiger partial charge is 0.250 e. The number of carbonyl (C=O) groups excluding carboxylic acids is 2. The van der Waals surface area contributed by atoms with Gasteiger partial charge in [0.15, 0.2) is 0 Å². The molecule has 0 bridgehead atoms. The molecule has 1 aromatic heterocycles. The highest BCUT2D eigenvalue weighted by atomic mass is 32.2. The number of sulfonamides is 1. The van der Waals surface area contributed by atoms with Gasteiger partial charge in [-0.2, -0.15) is 9.57 Å². The van der Waals surface area contributed by atoms with E-state index in [1.165, 1.54) is 10.6 Å². The summed E-state index contributed by atoms with van der Waals surface area (Å²) in [5.74, 6) is -0.955. The molecule has 1 aliphatic rings. The van der Waals surface area contributed by atoms with E-state index in [4.69, 9.17) is 11.0 Å². The second-order valence-corrected chi connectivity index (χ2v) is 10.4. The van der Waals surface area contributed by atoms with E-state index in [1.807, 2.05) is 43.3 Å². The van der Waals surface area contributed by atoms with Gasteiger partial charge in [0.25, 0.3) is 5.91 Å². The van der Waals surface area contributed by atoms with E-state index in [0.29, 0.717) is 29.7 Å². The van der Waals surface area contributed by atoms with Crippen LogP contribution in [0.2, 0.25) is 0 Å². The summed E-state index contributed by atoms with van der Waals surface area (Å²) in [5.41, 5.74) is 11.4. The Morgan fingerprint density at radius 3 is 2.63 bits per heavy atom. The molecule has 2 heterocycles. The number of amides is 2. The van der Waals surface area contributed by atoms with Gasteiger partial charge in [0.05, 0.1) is 23.4 Å². The number of aromatic amines is 1. The number of H-pyrrole nitrogens is 1. The van der Waals surface area contributed by atoms with Gasteiger partial charge in [-0.05, 0) is 53.8 Å². The predicted octanol–water partition coefficient (Wildman–Crippen LogP) is 3.14. The second-order valence-electron chi connectivity index (χ2n) is 8.46. The van der Waals surface area contributed by atoms with E-state index >= 15 is 0 Å². The first-order valence-corrected chi connectivity index (χ1v) is 12.8. The van der Waals surface area contributed by atoms with Crippen LogP contribution in [0.3, 0.4) is 0 Å². The molecule has 0 saturated carbocycles. The van der Waals surface area contributed by atoms with Crippen LogP contribution >= 0.6 is 0 Å². The van der Waals surface area contributed by atoms with Gasteiger partial charge in [-0.15, -0.1) is 0 Å². The zero-order chi connectivity index (χ0) is 25.3. The number of anilines is 1. The van der Waals surface area contributed by atoms with Gasteiger partial charge in [-0.25, -0.2) is 8.42 Å². The fourth-order valence-corrected chi connectivity index (χ4v) is 5.13. The minimum absolute atomic E-state index is 0.242.